The minimum Gasteiger partial charge on any atom is -0.491 e. The molecular weight excluding hydrogens is 424 g/mol. The van der Waals surface area contributed by atoms with Gasteiger partial charge in [0.2, 0.25) is 0 Å². The second kappa shape index (κ2) is 16.8. The topological polar surface area (TPSA) is 44.8 Å². The van der Waals surface area contributed by atoms with Crippen molar-refractivity contribution in [3.8, 4) is 17.2 Å². The Labute approximate surface area is 206 Å². The van der Waals surface area contributed by atoms with E-state index in [0.717, 1.165) is 18.6 Å². The van der Waals surface area contributed by atoms with E-state index in [-0.39, 0.29) is 6.10 Å². The second-order valence-electron chi connectivity index (χ2n) is 8.86. The summed E-state index contributed by atoms with van der Waals surface area (Å²) in [5, 5.41) is 0. The Morgan fingerprint density at radius 2 is 1.35 bits per heavy atom. The molecule has 186 valence electrons. The number of esters is 1. The van der Waals surface area contributed by atoms with Crippen LogP contribution in [0.4, 0.5) is 0 Å². The zero-order chi connectivity index (χ0) is 24.4. The molecule has 0 saturated carbocycles. The normalized spacial score (nSPS) is 12.0. The smallest absolute Gasteiger partial charge is 0.343 e. The average molecular weight is 467 g/mol. The number of ether oxygens (including phenoxy) is 3. The van der Waals surface area contributed by atoms with Gasteiger partial charge >= 0.3 is 5.97 Å². The number of hydrogen-bond donors (Lipinski definition) is 0. The van der Waals surface area contributed by atoms with Crippen molar-refractivity contribution in [3.05, 3.63) is 66.4 Å². The number of rotatable bonds is 17. The van der Waals surface area contributed by atoms with Gasteiger partial charge in [0, 0.05) is 0 Å². The van der Waals surface area contributed by atoms with E-state index in [1.54, 1.807) is 42.7 Å². The average Bonchev–Trinajstić information content (AvgIpc) is 2.85. The van der Waals surface area contributed by atoms with Crippen molar-refractivity contribution in [1.29, 1.82) is 0 Å². The summed E-state index contributed by atoms with van der Waals surface area (Å²) in [5.41, 5.74) is 0.491. The highest BCUT2D eigenvalue weighted by Crippen LogP contribution is 2.21. The lowest BCUT2D eigenvalue weighted by Crippen LogP contribution is -2.12. The summed E-state index contributed by atoms with van der Waals surface area (Å²) in [6, 6.07) is 14.2. The lowest BCUT2D eigenvalue weighted by molar-refractivity contribution is 0.0734. The molecule has 4 heteroatoms. The quantitative estimate of drug-likeness (QED) is 0.101. The van der Waals surface area contributed by atoms with Crippen LogP contribution < -0.4 is 14.2 Å². The molecule has 2 aromatic carbocycles. The molecule has 0 spiro atoms. The van der Waals surface area contributed by atoms with Crippen molar-refractivity contribution < 1.29 is 19.0 Å². The summed E-state index contributed by atoms with van der Waals surface area (Å²) >= 11 is 0. The van der Waals surface area contributed by atoms with Crippen molar-refractivity contribution in [2.45, 2.75) is 97.5 Å². The van der Waals surface area contributed by atoms with Crippen molar-refractivity contribution in [3.63, 3.8) is 0 Å². The van der Waals surface area contributed by atoms with Gasteiger partial charge in [-0.25, -0.2) is 4.79 Å². The molecule has 2 rings (SSSR count). The van der Waals surface area contributed by atoms with E-state index in [4.69, 9.17) is 14.2 Å². The lowest BCUT2D eigenvalue weighted by atomic mass is 10.1. The van der Waals surface area contributed by atoms with E-state index in [2.05, 4.69) is 26.8 Å². The zero-order valence-corrected chi connectivity index (χ0v) is 21.3. The fraction of sp³-hybridized carbons (Fsp3) is 0.500. The van der Waals surface area contributed by atoms with E-state index in [9.17, 15) is 4.79 Å². The number of benzene rings is 2. The first kappa shape index (κ1) is 27.5. The van der Waals surface area contributed by atoms with Crippen molar-refractivity contribution in [1.82, 2.24) is 0 Å². The SMILES string of the molecule is CCCCCCC/C=C/Oc1ccc(OC(=O)c2ccc(O[C@@H](C)CCCCCC)cc2)cc1. The second-order valence-corrected chi connectivity index (χ2v) is 8.86. The van der Waals surface area contributed by atoms with Gasteiger partial charge in [-0.1, -0.05) is 58.8 Å². The third-order valence-corrected chi connectivity index (χ3v) is 5.70. The van der Waals surface area contributed by atoms with Gasteiger partial charge in [-0.2, -0.15) is 0 Å². The molecular formula is C30H42O4. The summed E-state index contributed by atoms with van der Waals surface area (Å²) in [4.78, 5) is 12.5. The Kier molecular flexibility index (Phi) is 13.6. The Balaban J connectivity index is 1.72. The number of hydrogen-bond acceptors (Lipinski definition) is 4. The predicted molar refractivity (Wildman–Crippen MR) is 140 cm³/mol. The molecule has 4 nitrogen and oxygen atoms in total. The highest BCUT2D eigenvalue weighted by molar-refractivity contribution is 5.91. The standard InChI is InChI=1S/C30H42O4/c1-4-6-8-10-11-12-14-24-32-27-20-22-29(23-21-27)34-30(31)26-16-18-28(19-17-26)33-25(3)15-13-9-7-5-2/h14,16-25H,4-13,15H2,1-3H3/b24-14+/t25-/m0/s1. The molecule has 0 bridgehead atoms. The number of unbranched alkanes of at least 4 members (excludes halogenated alkanes) is 8. The van der Waals surface area contributed by atoms with E-state index in [0.29, 0.717) is 17.1 Å². The Hall–Kier alpha value is -2.75. The van der Waals surface area contributed by atoms with Crippen LogP contribution in [0.15, 0.2) is 60.9 Å². The molecule has 0 radical (unpaired) electrons. The summed E-state index contributed by atoms with van der Waals surface area (Å²) in [6.45, 7) is 6.53. The summed E-state index contributed by atoms with van der Waals surface area (Å²) in [6.07, 6.45) is 17.3. The third kappa shape index (κ3) is 11.4. The maximum atomic E-state index is 12.5. The highest BCUT2D eigenvalue weighted by atomic mass is 16.5. The Bertz CT molecular complexity index is 824. The van der Waals surface area contributed by atoms with E-state index in [1.165, 1.54) is 57.8 Å². The number of carbonyl (C=O) groups is 1. The van der Waals surface area contributed by atoms with E-state index in [1.807, 2.05) is 12.1 Å². The van der Waals surface area contributed by atoms with E-state index >= 15 is 0 Å². The fourth-order valence-electron chi connectivity index (χ4n) is 3.63. The zero-order valence-electron chi connectivity index (χ0n) is 21.3. The predicted octanol–water partition coefficient (Wildman–Crippen LogP) is 8.90. The minimum absolute atomic E-state index is 0.163. The van der Waals surface area contributed by atoms with Crippen LogP contribution >= 0.6 is 0 Å². The molecule has 0 fully saturated rings. The van der Waals surface area contributed by atoms with Gasteiger partial charge in [-0.05, 0) is 87.2 Å². The Morgan fingerprint density at radius 1 is 0.765 bits per heavy atom. The summed E-state index contributed by atoms with van der Waals surface area (Å²) in [7, 11) is 0. The summed E-state index contributed by atoms with van der Waals surface area (Å²) in [5.74, 6) is 1.58. The number of allylic oxidation sites excluding steroid dienone is 1. The van der Waals surface area contributed by atoms with Crippen molar-refractivity contribution >= 4 is 5.97 Å². The van der Waals surface area contributed by atoms with Crippen LogP contribution in [0.25, 0.3) is 0 Å². The van der Waals surface area contributed by atoms with Crippen LogP contribution in [0.2, 0.25) is 0 Å². The van der Waals surface area contributed by atoms with Gasteiger partial charge in [-0.15, -0.1) is 0 Å². The van der Waals surface area contributed by atoms with Crippen molar-refractivity contribution in [2.75, 3.05) is 0 Å². The van der Waals surface area contributed by atoms with Crippen LogP contribution in [0.1, 0.15) is 102 Å². The minimum atomic E-state index is -0.393. The first-order valence-electron chi connectivity index (χ1n) is 13.0. The van der Waals surface area contributed by atoms with Gasteiger partial charge in [-0.3, -0.25) is 0 Å². The van der Waals surface area contributed by atoms with Crippen molar-refractivity contribution in [2.24, 2.45) is 0 Å². The molecule has 0 aliphatic heterocycles. The number of carbonyl (C=O) groups excluding carboxylic acids is 1. The van der Waals surface area contributed by atoms with E-state index < -0.39 is 5.97 Å². The molecule has 0 saturated heterocycles. The monoisotopic (exact) mass is 466 g/mol. The van der Waals surface area contributed by atoms with Gasteiger partial charge in [0.15, 0.2) is 0 Å². The van der Waals surface area contributed by atoms with Crippen LogP contribution in [-0.2, 0) is 0 Å². The van der Waals surface area contributed by atoms with Crippen LogP contribution in [-0.4, -0.2) is 12.1 Å². The Morgan fingerprint density at radius 3 is 2.03 bits per heavy atom. The molecule has 0 amide bonds. The highest BCUT2D eigenvalue weighted by Gasteiger charge is 2.10. The molecule has 2 aromatic rings. The molecule has 0 aliphatic rings. The van der Waals surface area contributed by atoms with Gasteiger partial charge < -0.3 is 14.2 Å². The first-order chi connectivity index (χ1) is 16.6. The summed E-state index contributed by atoms with van der Waals surface area (Å²) < 4.78 is 17.1. The molecule has 0 unspecified atom stereocenters. The lowest BCUT2D eigenvalue weighted by Gasteiger charge is -2.14. The molecule has 0 aromatic heterocycles. The maximum Gasteiger partial charge on any atom is 0.343 e. The maximum absolute atomic E-state index is 12.5. The molecule has 34 heavy (non-hydrogen) atoms. The fourth-order valence-corrected chi connectivity index (χ4v) is 3.63. The van der Waals surface area contributed by atoms with Gasteiger partial charge in [0.25, 0.3) is 0 Å². The first-order valence-corrected chi connectivity index (χ1v) is 13.0. The van der Waals surface area contributed by atoms with Gasteiger partial charge in [0.05, 0.1) is 17.9 Å². The third-order valence-electron chi connectivity index (χ3n) is 5.70. The van der Waals surface area contributed by atoms with Crippen LogP contribution in [0.5, 0.6) is 17.2 Å². The molecule has 0 N–H and O–H groups in total. The molecule has 1 atom stereocenters. The largest absolute Gasteiger partial charge is 0.491 e. The van der Waals surface area contributed by atoms with Crippen LogP contribution in [0, 0.1) is 0 Å². The molecule has 0 heterocycles. The van der Waals surface area contributed by atoms with Crippen LogP contribution in [0.3, 0.4) is 0 Å². The molecule has 0 aliphatic carbocycles. The van der Waals surface area contributed by atoms with Gasteiger partial charge in [0.1, 0.15) is 17.2 Å².